The molecule has 4 rings (SSSR count). The van der Waals surface area contributed by atoms with E-state index in [0.717, 1.165) is 24.9 Å². The second-order valence-corrected chi connectivity index (χ2v) is 6.56. The van der Waals surface area contributed by atoms with Crippen LogP contribution in [0.5, 0.6) is 0 Å². The number of carbonyl (C=O) groups excluding carboxylic acids is 2. The highest BCUT2D eigenvalue weighted by molar-refractivity contribution is 5.96. The zero-order chi connectivity index (χ0) is 18.6. The number of nitrogens with zero attached hydrogens (tertiary/aromatic N) is 3. The average Bonchev–Trinajstić information content (AvgIpc) is 3.41. The van der Waals surface area contributed by atoms with Gasteiger partial charge in [0.15, 0.2) is 5.82 Å². The molecule has 1 aromatic heterocycles. The number of rotatable bonds is 5. The van der Waals surface area contributed by atoms with Gasteiger partial charge in [-0.25, -0.2) is 4.79 Å². The third-order valence-electron chi connectivity index (χ3n) is 4.59. The van der Waals surface area contributed by atoms with Crippen LogP contribution in [0.2, 0.25) is 0 Å². The Morgan fingerprint density at radius 1 is 1.33 bits per heavy atom. The summed E-state index contributed by atoms with van der Waals surface area (Å²) in [6.45, 7) is 1.55. The molecule has 9 heteroatoms. The smallest absolute Gasteiger partial charge is 0.319 e. The summed E-state index contributed by atoms with van der Waals surface area (Å²) in [6.07, 6.45) is 3.12. The first-order chi connectivity index (χ1) is 13.2. The summed E-state index contributed by atoms with van der Waals surface area (Å²) in [5.74, 6) is 0.954. The van der Waals surface area contributed by atoms with E-state index in [9.17, 15) is 9.59 Å². The predicted octanol–water partition coefficient (Wildman–Crippen LogP) is 2.37. The van der Waals surface area contributed by atoms with Crippen LogP contribution in [0.3, 0.4) is 0 Å². The number of anilines is 2. The maximum absolute atomic E-state index is 12.1. The average molecular weight is 371 g/mol. The lowest BCUT2D eigenvalue weighted by Crippen LogP contribution is -2.29. The Morgan fingerprint density at radius 2 is 2.26 bits per heavy atom. The van der Waals surface area contributed by atoms with Crippen molar-refractivity contribution in [2.45, 2.75) is 38.3 Å². The van der Waals surface area contributed by atoms with Gasteiger partial charge in [-0.3, -0.25) is 4.79 Å². The van der Waals surface area contributed by atoms with Crippen LogP contribution in [-0.4, -0.2) is 35.2 Å². The van der Waals surface area contributed by atoms with E-state index in [1.54, 1.807) is 17.0 Å². The minimum Gasteiger partial charge on any atom is -0.368 e. The van der Waals surface area contributed by atoms with Gasteiger partial charge < -0.3 is 24.8 Å². The molecule has 2 aliphatic rings. The van der Waals surface area contributed by atoms with Crippen LogP contribution in [0.4, 0.5) is 16.2 Å². The third kappa shape index (κ3) is 4.08. The summed E-state index contributed by atoms with van der Waals surface area (Å²) in [5, 5.41) is 9.31. The summed E-state index contributed by atoms with van der Waals surface area (Å²) in [7, 11) is 0. The molecule has 2 aromatic rings. The van der Waals surface area contributed by atoms with Gasteiger partial charge in [-0.15, -0.1) is 0 Å². The number of ether oxygens (including phenoxy) is 1. The quantitative estimate of drug-likeness (QED) is 0.835. The van der Waals surface area contributed by atoms with E-state index in [2.05, 4.69) is 20.8 Å². The van der Waals surface area contributed by atoms with Crippen molar-refractivity contribution in [3.63, 3.8) is 0 Å². The molecule has 3 amide bonds. The fourth-order valence-corrected chi connectivity index (χ4v) is 3.25. The topological polar surface area (TPSA) is 110 Å². The van der Waals surface area contributed by atoms with Crippen molar-refractivity contribution in [1.82, 2.24) is 15.5 Å². The molecule has 1 aromatic carbocycles. The Kier molecular flexibility index (Phi) is 5.01. The van der Waals surface area contributed by atoms with E-state index in [4.69, 9.17) is 9.26 Å². The van der Waals surface area contributed by atoms with E-state index >= 15 is 0 Å². The number of hydrogen-bond acceptors (Lipinski definition) is 6. The number of aromatic nitrogens is 2. The lowest BCUT2D eigenvalue weighted by Gasteiger charge is -2.16. The maximum atomic E-state index is 12.1. The Labute approximate surface area is 156 Å². The molecular formula is C18H21N5O4. The first kappa shape index (κ1) is 17.5. The predicted molar refractivity (Wildman–Crippen MR) is 96.1 cm³/mol. The highest BCUT2D eigenvalue weighted by Crippen LogP contribution is 2.27. The second-order valence-electron chi connectivity index (χ2n) is 6.56. The van der Waals surface area contributed by atoms with Gasteiger partial charge in [0.2, 0.25) is 5.91 Å². The first-order valence-corrected chi connectivity index (χ1v) is 9.08. The standard InChI is InChI=1S/C18H21N5O4/c24-16-7-2-8-23(16)13-5-1-4-12(10-13)20-18(25)19-11-15-21-17(27-22-15)14-6-3-9-26-14/h1,4-5,10,14H,2-3,6-9,11H2,(H2,19,20,25)/t14-/m0/s1. The van der Waals surface area contributed by atoms with Crippen molar-refractivity contribution in [1.29, 1.82) is 0 Å². The minimum absolute atomic E-state index is 0.107. The summed E-state index contributed by atoms with van der Waals surface area (Å²) >= 11 is 0. The van der Waals surface area contributed by atoms with Crippen LogP contribution in [0.1, 0.15) is 43.5 Å². The molecule has 0 radical (unpaired) electrons. The number of benzene rings is 1. The van der Waals surface area contributed by atoms with E-state index in [1.165, 1.54) is 0 Å². The Balaban J connectivity index is 1.31. The van der Waals surface area contributed by atoms with E-state index in [1.807, 2.05) is 12.1 Å². The number of carbonyl (C=O) groups is 2. The number of hydrogen-bond donors (Lipinski definition) is 2. The lowest BCUT2D eigenvalue weighted by atomic mass is 10.2. The number of urea groups is 1. The van der Waals surface area contributed by atoms with Crippen molar-refractivity contribution in [3.8, 4) is 0 Å². The van der Waals surface area contributed by atoms with Crippen LogP contribution in [0, 0.1) is 0 Å². The van der Waals surface area contributed by atoms with Gasteiger partial charge in [0.1, 0.15) is 6.10 Å². The summed E-state index contributed by atoms with van der Waals surface area (Å²) in [6, 6.07) is 6.84. The van der Waals surface area contributed by atoms with E-state index in [-0.39, 0.29) is 24.6 Å². The highest BCUT2D eigenvalue weighted by atomic mass is 16.5. The first-order valence-electron chi connectivity index (χ1n) is 9.08. The zero-order valence-corrected chi connectivity index (χ0v) is 14.8. The molecule has 9 nitrogen and oxygen atoms in total. The molecule has 27 heavy (non-hydrogen) atoms. The lowest BCUT2D eigenvalue weighted by molar-refractivity contribution is -0.117. The fourth-order valence-electron chi connectivity index (χ4n) is 3.25. The number of amides is 3. The molecule has 0 unspecified atom stereocenters. The van der Waals surface area contributed by atoms with Crippen LogP contribution < -0.4 is 15.5 Å². The van der Waals surface area contributed by atoms with E-state index in [0.29, 0.717) is 37.0 Å². The molecule has 142 valence electrons. The zero-order valence-electron chi connectivity index (χ0n) is 14.8. The summed E-state index contributed by atoms with van der Waals surface area (Å²) < 4.78 is 10.7. The van der Waals surface area contributed by atoms with Gasteiger partial charge in [-0.1, -0.05) is 11.2 Å². The Bertz CT molecular complexity index is 831. The SMILES string of the molecule is O=C(NCc1noc([C@@H]2CCCO2)n1)Nc1cccc(N2CCCC2=O)c1. The molecule has 2 saturated heterocycles. The second kappa shape index (κ2) is 7.75. The molecule has 1 atom stereocenters. The number of nitrogens with one attached hydrogen (secondary N) is 2. The minimum atomic E-state index is -0.386. The maximum Gasteiger partial charge on any atom is 0.319 e. The molecular weight excluding hydrogens is 350 g/mol. The Morgan fingerprint density at radius 3 is 3.04 bits per heavy atom. The van der Waals surface area contributed by atoms with Crippen LogP contribution in [0.15, 0.2) is 28.8 Å². The van der Waals surface area contributed by atoms with Crippen LogP contribution in [0.25, 0.3) is 0 Å². The molecule has 2 aliphatic heterocycles. The van der Waals surface area contributed by atoms with Gasteiger partial charge >= 0.3 is 6.03 Å². The monoisotopic (exact) mass is 371 g/mol. The van der Waals surface area contributed by atoms with Gasteiger partial charge in [-0.2, -0.15) is 4.98 Å². The largest absolute Gasteiger partial charge is 0.368 e. The summed E-state index contributed by atoms with van der Waals surface area (Å²) in [4.78, 5) is 30.0. The van der Waals surface area contributed by atoms with E-state index < -0.39 is 0 Å². The molecule has 0 spiro atoms. The third-order valence-corrected chi connectivity index (χ3v) is 4.59. The molecule has 0 saturated carbocycles. The molecule has 3 heterocycles. The Hall–Kier alpha value is -2.94. The molecule has 0 aliphatic carbocycles. The highest BCUT2D eigenvalue weighted by Gasteiger charge is 2.24. The molecule has 0 bridgehead atoms. The van der Waals surface area contributed by atoms with Crippen molar-refractivity contribution in [3.05, 3.63) is 36.0 Å². The molecule has 2 N–H and O–H groups in total. The van der Waals surface area contributed by atoms with Gasteiger partial charge in [0, 0.05) is 30.9 Å². The van der Waals surface area contributed by atoms with Crippen LogP contribution >= 0.6 is 0 Å². The van der Waals surface area contributed by atoms with Crippen molar-refractivity contribution >= 4 is 23.3 Å². The van der Waals surface area contributed by atoms with Gasteiger partial charge in [0.05, 0.1) is 6.54 Å². The van der Waals surface area contributed by atoms with Crippen molar-refractivity contribution in [2.24, 2.45) is 0 Å². The van der Waals surface area contributed by atoms with Gasteiger partial charge in [-0.05, 0) is 37.5 Å². The van der Waals surface area contributed by atoms with Gasteiger partial charge in [0.25, 0.3) is 5.89 Å². The normalized spacial score (nSPS) is 19.5. The summed E-state index contributed by atoms with van der Waals surface area (Å²) in [5.41, 5.74) is 1.40. The fraction of sp³-hybridized carbons (Fsp3) is 0.444. The van der Waals surface area contributed by atoms with Crippen molar-refractivity contribution in [2.75, 3.05) is 23.4 Å². The van der Waals surface area contributed by atoms with Crippen molar-refractivity contribution < 1.29 is 18.8 Å². The van der Waals surface area contributed by atoms with Crippen LogP contribution in [-0.2, 0) is 16.1 Å². The molecule has 2 fully saturated rings.